The van der Waals surface area contributed by atoms with Crippen LogP contribution in [0.25, 0.3) is 11.0 Å². The summed E-state index contributed by atoms with van der Waals surface area (Å²) in [6.07, 6.45) is 0. The SMILES string of the molecule is Cc1nc2n[nH]c(N)c2c(=O)[nH]1. The Morgan fingerprint density at radius 3 is 3.00 bits per heavy atom. The molecule has 0 unspecified atom stereocenters. The minimum Gasteiger partial charge on any atom is -0.383 e. The quantitative estimate of drug-likeness (QED) is 0.491. The molecule has 62 valence electrons. The predicted molar refractivity (Wildman–Crippen MR) is 43.7 cm³/mol. The molecule has 0 saturated heterocycles. The lowest BCUT2D eigenvalue weighted by Crippen LogP contribution is -2.09. The van der Waals surface area contributed by atoms with E-state index in [0.717, 1.165) is 0 Å². The minimum atomic E-state index is -0.260. The molecule has 0 aliphatic heterocycles. The predicted octanol–water partition coefficient (Wildman–Crippen LogP) is -0.463. The van der Waals surface area contributed by atoms with E-state index in [1.165, 1.54) is 0 Å². The minimum absolute atomic E-state index is 0.249. The van der Waals surface area contributed by atoms with E-state index in [2.05, 4.69) is 20.2 Å². The monoisotopic (exact) mass is 165 g/mol. The number of fused-ring (bicyclic) bond motifs is 1. The van der Waals surface area contributed by atoms with Crippen molar-refractivity contribution in [3.63, 3.8) is 0 Å². The van der Waals surface area contributed by atoms with Crippen LogP contribution in [-0.4, -0.2) is 20.2 Å². The number of hydrogen-bond acceptors (Lipinski definition) is 4. The van der Waals surface area contributed by atoms with Crippen molar-refractivity contribution >= 4 is 16.9 Å². The molecule has 0 fully saturated rings. The first-order valence-electron chi connectivity index (χ1n) is 3.39. The molecule has 0 bridgehead atoms. The zero-order chi connectivity index (χ0) is 8.72. The van der Waals surface area contributed by atoms with Crippen LogP contribution in [0.3, 0.4) is 0 Å². The smallest absolute Gasteiger partial charge is 0.264 e. The molecule has 0 atom stereocenters. The normalized spacial score (nSPS) is 10.8. The van der Waals surface area contributed by atoms with Gasteiger partial charge in [-0.2, -0.15) is 5.10 Å². The lowest BCUT2D eigenvalue weighted by atomic mass is 10.4. The van der Waals surface area contributed by atoms with Gasteiger partial charge in [0.2, 0.25) is 0 Å². The standard InChI is InChI=1S/C6H7N5O/c1-2-8-5-3(6(12)9-2)4(7)10-11-5/h1H3,(H4,7,8,9,10,11,12). The highest BCUT2D eigenvalue weighted by Crippen LogP contribution is 2.08. The van der Waals surface area contributed by atoms with Crippen LogP contribution in [0.5, 0.6) is 0 Å². The Morgan fingerprint density at radius 1 is 1.50 bits per heavy atom. The van der Waals surface area contributed by atoms with Crippen LogP contribution in [0.4, 0.5) is 5.82 Å². The molecular weight excluding hydrogens is 158 g/mol. The Kier molecular flexibility index (Phi) is 1.18. The van der Waals surface area contributed by atoms with E-state index >= 15 is 0 Å². The van der Waals surface area contributed by atoms with E-state index in [-0.39, 0.29) is 11.4 Å². The molecule has 4 N–H and O–H groups in total. The average molecular weight is 165 g/mol. The van der Waals surface area contributed by atoms with Crippen LogP contribution >= 0.6 is 0 Å². The third-order valence-corrected chi connectivity index (χ3v) is 1.57. The number of aromatic amines is 2. The number of nitrogens with zero attached hydrogens (tertiary/aromatic N) is 2. The number of nitrogens with two attached hydrogens (primary N) is 1. The first-order valence-corrected chi connectivity index (χ1v) is 3.39. The maximum atomic E-state index is 11.2. The van der Waals surface area contributed by atoms with Crippen molar-refractivity contribution < 1.29 is 0 Å². The largest absolute Gasteiger partial charge is 0.383 e. The van der Waals surface area contributed by atoms with E-state index in [9.17, 15) is 4.79 Å². The van der Waals surface area contributed by atoms with Gasteiger partial charge in [0.25, 0.3) is 5.56 Å². The van der Waals surface area contributed by atoms with Crippen LogP contribution in [0, 0.1) is 6.92 Å². The van der Waals surface area contributed by atoms with Gasteiger partial charge in [-0.1, -0.05) is 0 Å². The summed E-state index contributed by atoms with van der Waals surface area (Å²) in [5.74, 6) is 0.776. The maximum absolute atomic E-state index is 11.2. The molecular formula is C6H7N5O. The second-order valence-electron chi connectivity index (χ2n) is 2.49. The fraction of sp³-hybridized carbons (Fsp3) is 0.167. The molecule has 0 aliphatic rings. The zero-order valence-corrected chi connectivity index (χ0v) is 6.38. The first-order chi connectivity index (χ1) is 5.68. The Morgan fingerprint density at radius 2 is 2.25 bits per heavy atom. The topological polar surface area (TPSA) is 100 Å². The summed E-state index contributed by atoms with van der Waals surface area (Å²) in [6, 6.07) is 0. The maximum Gasteiger partial charge on any atom is 0.264 e. The summed E-state index contributed by atoms with van der Waals surface area (Å²) < 4.78 is 0. The molecule has 2 aromatic heterocycles. The molecule has 2 aromatic rings. The van der Waals surface area contributed by atoms with Crippen LogP contribution in [0.2, 0.25) is 0 Å². The average Bonchev–Trinajstić information content (AvgIpc) is 2.31. The summed E-state index contributed by atoms with van der Waals surface area (Å²) in [6.45, 7) is 1.69. The van der Waals surface area contributed by atoms with Crippen molar-refractivity contribution in [2.45, 2.75) is 6.92 Å². The number of rotatable bonds is 0. The number of nitrogen functional groups attached to an aromatic ring is 1. The fourth-order valence-electron chi connectivity index (χ4n) is 1.06. The molecule has 0 aromatic carbocycles. The number of anilines is 1. The summed E-state index contributed by atoms with van der Waals surface area (Å²) in [5.41, 5.74) is 5.54. The van der Waals surface area contributed by atoms with Crippen LogP contribution < -0.4 is 11.3 Å². The summed E-state index contributed by atoms with van der Waals surface area (Å²) in [7, 11) is 0. The van der Waals surface area contributed by atoms with Crippen LogP contribution in [0.15, 0.2) is 4.79 Å². The van der Waals surface area contributed by atoms with Gasteiger partial charge in [-0.15, -0.1) is 0 Å². The summed E-state index contributed by atoms with van der Waals surface area (Å²) in [4.78, 5) is 17.8. The van der Waals surface area contributed by atoms with Gasteiger partial charge < -0.3 is 10.7 Å². The Labute approximate surface area is 66.8 Å². The van der Waals surface area contributed by atoms with Crippen LogP contribution in [0.1, 0.15) is 5.82 Å². The van der Waals surface area contributed by atoms with Crippen molar-refractivity contribution in [1.29, 1.82) is 0 Å². The molecule has 12 heavy (non-hydrogen) atoms. The van der Waals surface area contributed by atoms with E-state index in [4.69, 9.17) is 5.73 Å². The van der Waals surface area contributed by atoms with Crippen molar-refractivity contribution in [3.8, 4) is 0 Å². The fourth-order valence-corrected chi connectivity index (χ4v) is 1.06. The van der Waals surface area contributed by atoms with E-state index in [0.29, 0.717) is 16.9 Å². The molecule has 6 heteroatoms. The lowest BCUT2D eigenvalue weighted by Gasteiger charge is -1.90. The van der Waals surface area contributed by atoms with E-state index < -0.39 is 0 Å². The Balaban J connectivity index is 3.03. The lowest BCUT2D eigenvalue weighted by molar-refractivity contribution is 1.03. The van der Waals surface area contributed by atoms with Gasteiger partial charge in [0, 0.05) is 0 Å². The molecule has 0 amide bonds. The van der Waals surface area contributed by atoms with Gasteiger partial charge in [-0.25, -0.2) is 4.98 Å². The Hall–Kier alpha value is -1.85. The second kappa shape index (κ2) is 2.07. The summed E-state index contributed by atoms with van der Waals surface area (Å²) >= 11 is 0. The molecule has 2 heterocycles. The highest BCUT2D eigenvalue weighted by atomic mass is 16.1. The van der Waals surface area contributed by atoms with Gasteiger partial charge in [0.15, 0.2) is 5.65 Å². The zero-order valence-electron chi connectivity index (χ0n) is 6.38. The van der Waals surface area contributed by atoms with Gasteiger partial charge in [0.1, 0.15) is 17.0 Å². The van der Waals surface area contributed by atoms with Crippen molar-refractivity contribution in [1.82, 2.24) is 20.2 Å². The molecule has 0 saturated carbocycles. The van der Waals surface area contributed by atoms with Gasteiger partial charge >= 0.3 is 0 Å². The van der Waals surface area contributed by atoms with Crippen molar-refractivity contribution in [2.24, 2.45) is 0 Å². The van der Waals surface area contributed by atoms with E-state index in [1.54, 1.807) is 6.92 Å². The highest BCUT2D eigenvalue weighted by molar-refractivity contribution is 5.84. The number of H-pyrrole nitrogens is 2. The van der Waals surface area contributed by atoms with Crippen LogP contribution in [-0.2, 0) is 0 Å². The van der Waals surface area contributed by atoms with Crippen molar-refractivity contribution in [3.05, 3.63) is 16.2 Å². The molecule has 6 nitrogen and oxygen atoms in total. The number of hydrogen-bond donors (Lipinski definition) is 3. The highest BCUT2D eigenvalue weighted by Gasteiger charge is 2.07. The van der Waals surface area contributed by atoms with E-state index in [1.807, 2.05) is 0 Å². The molecule has 0 aliphatic carbocycles. The molecule has 0 radical (unpaired) electrons. The number of aromatic nitrogens is 4. The third-order valence-electron chi connectivity index (χ3n) is 1.57. The third kappa shape index (κ3) is 0.777. The van der Waals surface area contributed by atoms with Gasteiger partial charge in [0.05, 0.1) is 0 Å². The first kappa shape index (κ1) is 6.84. The number of nitrogens with one attached hydrogen (secondary N) is 2. The molecule has 0 spiro atoms. The second-order valence-corrected chi connectivity index (χ2v) is 2.49. The summed E-state index contributed by atoms with van der Waals surface area (Å²) in [5, 5.41) is 6.57. The number of aryl methyl sites for hydroxylation is 1. The van der Waals surface area contributed by atoms with Crippen molar-refractivity contribution in [2.75, 3.05) is 5.73 Å². The van der Waals surface area contributed by atoms with Gasteiger partial charge in [-0.3, -0.25) is 9.89 Å². The Bertz CT molecular complexity index is 482. The molecule has 2 rings (SSSR count). The van der Waals surface area contributed by atoms with Gasteiger partial charge in [-0.05, 0) is 6.92 Å².